The summed E-state index contributed by atoms with van der Waals surface area (Å²) in [5.41, 5.74) is 1.42. The maximum absolute atomic E-state index is 9.02. The first-order valence-electron chi connectivity index (χ1n) is 3.79. The molecule has 1 nitrogen and oxygen atoms in total. The van der Waals surface area contributed by atoms with Gasteiger partial charge in [0.2, 0.25) is 0 Å². The molecule has 0 saturated carbocycles. The molecule has 5 heteroatoms. The molecule has 0 aliphatic heterocycles. The van der Waals surface area contributed by atoms with E-state index in [1.165, 1.54) is 5.56 Å². The van der Waals surface area contributed by atoms with Crippen LogP contribution < -0.4 is 0 Å². The third kappa shape index (κ3) is 19.8. The third-order valence-electron chi connectivity index (χ3n) is 1.73. The molecule has 0 aliphatic rings. The van der Waals surface area contributed by atoms with E-state index >= 15 is 0 Å². The van der Waals surface area contributed by atoms with E-state index in [0.29, 0.717) is 5.75 Å². The van der Waals surface area contributed by atoms with Crippen LogP contribution in [0.2, 0.25) is 0 Å². The van der Waals surface area contributed by atoms with Gasteiger partial charge in [-0.25, -0.2) is 0 Å². The SMILES string of the molecule is CC(C)(C)c1ccc(O)cc1.[CH3-].[CH3-].[CH3-].[CH3-].[W].[W].[W].[W]. The van der Waals surface area contributed by atoms with Gasteiger partial charge in [0.25, 0.3) is 0 Å². The molecular formula is C14H26OW4-4. The van der Waals surface area contributed by atoms with Crippen LogP contribution in [0.3, 0.4) is 0 Å². The maximum Gasteiger partial charge on any atom is 0.115 e. The second-order valence-electron chi connectivity index (χ2n) is 3.80. The number of phenols is 1. The van der Waals surface area contributed by atoms with E-state index < -0.39 is 0 Å². The summed E-state index contributed by atoms with van der Waals surface area (Å²) in [6.45, 7) is 6.46. The summed E-state index contributed by atoms with van der Waals surface area (Å²) in [5.74, 6) is 0.331. The largest absolute Gasteiger partial charge is 0.508 e. The molecule has 1 aromatic carbocycles. The van der Waals surface area contributed by atoms with Gasteiger partial charge in [-0.3, -0.25) is 0 Å². The van der Waals surface area contributed by atoms with Crippen molar-refractivity contribution in [3.63, 3.8) is 0 Å². The van der Waals surface area contributed by atoms with Crippen LogP contribution in [0.4, 0.5) is 0 Å². The summed E-state index contributed by atoms with van der Waals surface area (Å²) in [6.07, 6.45) is 0. The normalized spacial score (nSPS) is 6.68. The molecule has 0 aromatic heterocycles. The van der Waals surface area contributed by atoms with Gasteiger partial charge < -0.3 is 34.8 Å². The van der Waals surface area contributed by atoms with Gasteiger partial charge in [-0.1, -0.05) is 32.9 Å². The Bertz CT molecular complexity index is 243. The summed E-state index contributed by atoms with van der Waals surface area (Å²) in [7, 11) is 0. The Labute approximate surface area is 179 Å². The number of rotatable bonds is 0. The van der Waals surface area contributed by atoms with Crippen molar-refractivity contribution in [2.75, 3.05) is 0 Å². The zero-order valence-electron chi connectivity index (χ0n) is 12.9. The Morgan fingerprint density at radius 1 is 0.684 bits per heavy atom. The predicted octanol–water partition coefficient (Wildman–Crippen LogP) is 4.48. The first kappa shape index (κ1) is 49.8. The van der Waals surface area contributed by atoms with Crippen molar-refractivity contribution in [1.82, 2.24) is 0 Å². The minimum atomic E-state index is 0. The van der Waals surface area contributed by atoms with Crippen LogP contribution in [0, 0.1) is 29.7 Å². The number of phenolic OH excluding ortho intramolecular Hbond substituents is 1. The molecule has 0 heterocycles. The second kappa shape index (κ2) is 22.1. The number of aromatic hydroxyl groups is 1. The summed E-state index contributed by atoms with van der Waals surface area (Å²) >= 11 is 0. The minimum absolute atomic E-state index is 0. The molecule has 0 unspecified atom stereocenters. The molecule has 1 aromatic rings. The molecule has 19 heavy (non-hydrogen) atoms. The third-order valence-corrected chi connectivity index (χ3v) is 1.73. The molecule has 1 N–H and O–H groups in total. The van der Waals surface area contributed by atoms with Crippen LogP contribution in [0.5, 0.6) is 5.75 Å². The predicted molar refractivity (Wildman–Crippen MR) is 72.5 cm³/mol. The fourth-order valence-corrected chi connectivity index (χ4v) is 0.961. The van der Waals surface area contributed by atoms with Crippen molar-refractivity contribution >= 4 is 0 Å². The average molecular weight is 946 g/mol. The topological polar surface area (TPSA) is 20.2 Å². The number of hydrogen-bond acceptors (Lipinski definition) is 1. The standard InChI is InChI=1S/C10H14O.4CH3.4W/c1-10(2,3)8-4-6-9(11)7-5-8;;;;;;;;/h4-7,11H,1-3H3;4*1H3;;;;/q;4*-1;;;;. The Hall–Kier alpha value is 1.77. The smallest absolute Gasteiger partial charge is 0.115 e. The van der Waals surface area contributed by atoms with E-state index in [4.69, 9.17) is 5.11 Å². The number of hydrogen-bond donors (Lipinski definition) is 1. The zero-order valence-corrected chi connectivity index (χ0v) is 24.6. The van der Waals surface area contributed by atoms with E-state index in [1.54, 1.807) is 12.1 Å². The fourth-order valence-electron chi connectivity index (χ4n) is 0.961. The van der Waals surface area contributed by atoms with Crippen molar-refractivity contribution < 1.29 is 89.4 Å². The molecule has 1 rings (SSSR count). The van der Waals surface area contributed by atoms with Crippen LogP contribution >= 0.6 is 0 Å². The van der Waals surface area contributed by atoms with E-state index in [1.807, 2.05) is 12.1 Å². The molecule has 0 amide bonds. The molecule has 0 spiro atoms. The molecular weight excluding hydrogens is 920 g/mol. The van der Waals surface area contributed by atoms with E-state index in [9.17, 15) is 0 Å². The summed E-state index contributed by atoms with van der Waals surface area (Å²) < 4.78 is 0. The van der Waals surface area contributed by atoms with E-state index in [0.717, 1.165) is 0 Å². The van der Waals surface area contributed by atoms with Crippen molar-refractivity contribution in [2.24, 2.45) is 0 Å². The van der Waals surface area contributed by atoms with Crippen molar-refractivity contribution in [1.29, 1.82) is 0 Å². The Kier molecular flexibility index (Phi) is 57.8. The first-order chi connectivity index (χ1) is 5.00. The van der Waals surface area contributed by atoms with Crippen molar-refractivity contribution in [3.8, 4) is 5.75 Å². The quantitative estimate of drug-likeness (QED) is 0.381. The zero-order chi connectivity index (χ0) is 8.48. The van der Waals surface area contributed by atoms with Crippen molar-refractivity contribution in [3.05, 3.63) is 59.5 Å². The van der Waals surface area contributed by atoms with E-state index in [-0.39, 0.29) is 119 Å². The first-order valence-corrected chi connectivity index (χ1v) is 3.79. The van der Waals surface area contributed by atoms with Gasteiger partial charge >= 0.3 is 0 Å². The summed E-state index contributed by atoms with van der Waals surface area (Å²) in [6, 6.07) is 7.35. The fraction of sp³-hybridized carbons (Fsp3) is 0.286. The van der Waals surface area contributed by atoms with Gasteiger partial charge in [-0.15, -0.1) is 0 Å². The molecule has 0 fully saturated rings. The maximum atomic E-state index is 9.02. The molecule has 116 valence electrons. The van der Waals surface area contributed by atoms with Crippen LogP contribution in [-0.4, -0.2) is 5.11 Å². The molecule has 0 aliphatic carbocycles. The van der Waals surface area contributed by atoms with Gasteiger partial charge in [-0.2, -0.15) is 0 Å². The van der Waals surface area contributed by atoms with Crippen LogP contribution in [0.15, 0.2) is 24.3 Å². The van der Waals surface area contributed by atoms with Crippen molar-refractivity contribution in [2.45, 2.75) is 26.2 Å². The molecule has 0 bridgehead atoms. The van der Waals surface area contributed by atoms with Crippen LogP contribution in [0.1, 0.15) is 26.3 Å². The van der Waals surface area contributed by atoms with E-state index in [2.05, 4.69) is 20.8 Å². The second-order valence-corrected chi connectivity index (χ2v) is 3.80. The minimum Gasteiger partial charge on any atom is -0.508 e. The molecule has 0 radical (unpaired) electrons. The summed E-state index contributed by atoms with van der Waals surface area (Å²) in [4.78, 5) is 0. The van der Waals surface area contributed by atoms with Gasteiger partial charge in [0.15, 0.2) is 0 Å². The molecule has 0 saturated heterocycles. The Morgan fingerprint density at radius 2 is 0.947 bits per heavy atom. The summed E-state index contributed by atoms with van der Waals surface area (Å²) in [5, 5.41) is 9.02. The van der Waals surface area contributed by atoms with Crippen LogP contribution in [0.25, 0.3) is 0 Å². The van der Waals surface area contributed by atoms with Gasteiger partial charge in [0, 0.05) is 84.3 Å². The Morgan fingerprint density at radius 3 is 1.16 bits per heavy atom. The van der Waals surface area contributed by atoms with Crippen LogP contribution in [-0.2, 0) is 89.7 Å². The Balaban J connectivity index is -0.0000000252. The van der Waals surface area contributed by atoms with Gasteiger partial charge in [-0.05, 0) is 23.1 Å². The molecule has 0 atom stereocenters. The van der Waals surface area contributed by atoms with Gasteiger partial charge in [0.05, 0.1) is 0 Å². The number of benzene rings is 1. The monoisotopic (exact) mass is 946 g/mol. The van der Waals surface area contributed by atoms with Gasteiger partial charge in [0.1, 0.15) is 5.75 Å². The average Bonchev–Trinajstić information content (AvgIpc) is 1.86.